The van der Waals surface area contributed by atoms with Crippen LogP contribution >= 0.6 is 23.1 Å². The third kappa shape index (κ3) is 4.81. The normalized spacial score (nSPS) is 10.8. The summed E-state index contributed by atoms with van der Waals surface area (Å²) in [6, 6.07) is 19.6. The molecule has 0 radical (unpaired) electrons. The SMILES string of the molecule is COc1ccc(-n2c(C)cc(C(=O)CSc3nnc(Nc4ccccc4)s3)c2C)cc1. The van der Waals surface area contributed by atoms with Crippen LogP contribution in [-0.4, -0.2) is 33.4 Å². The number of Topliss-reactive ketones (excluding diaryl/α,β-unsaturated/α-hetero) is 1. The zero-order chi connectivity index (χ0) is 21.8. The van der Waals surface area contributed by atoms with Gasteiger partial charge < -0.3 is 14.6 Å². The summed E-state index contributed by atoms with van der Waals surface area (Å²) in [4.78, 5) is 12.9. The Morgan fingerprint density at radius 2 is 1.84 bits per heavy atom. The molecule has 2 aromatic carbocycles. The smallest absolute Gasteiger partial charge is 0.210 e. The summed E-state index contributed by atoms with van der Waals surface area (Å²) in [5, 5.41) is 12.3. The number of para-hydroxylation sites is 1. The first-order valence-corrected chi connectivity index (χ1v) is 11.5. The van der Waals surface area contributed by atoms with Gasteiger partial charge in [0.2, 0.25) is 5.13 Å². The maximum absolute atomic E-state index is 12.9. The van der Waals surface area contributed by atoms with Crippen LogP contribution < -0.4 is 10.1 Å². The van der Waals surface area contributed by atoms with Crippen LogP contribution in [0.25, 0.3) is 5.69 Å². The first-order valence-electron chi connectivity index (χ1n) is 9.70. The van der Waals surface area contributed by atoms with E-state index in [2.05, 4.69) is 20.1 Å². The van der Waals surface area contributed by atoms with Crippen molar-refractivity contribution in [1.29, 1.82) is 0 Å². The van der Waals surface area contributed by atoms with Crippen LogP contribution in [0.3, 0.4) is 0 Å². The average molecular weight is 451 g/mol. The van der Waals surface area contributed by atoms with Crippen LogP contribution in [0.1, 0.15) is 21.7 Å². The molecule has 4 rings (SSSR count). The number of carbonyl (C=O) groups excluding carboxylic acids is 1. The molecule has 6 nitrogen and oxygen atoms in total. The lowest BCUT2D eigenvalue weighted by atomic mass is 10.2. The van der Waals surface area contributed by atoms with E-state index in [9.17, 15) is 4.79 Å². The minimum absolute atomic E-state index is 0.0747. The van der Waals surface area contributed by atoms with E-state index in [0.29, 0.717) is 10.9 Å². The van der Waals surface area contributed by atoms with Crippen molar-refractivity contribution < 1.29 is 9.53 Å². The first-order chi connectivity index (χ1) is 15.0. The number of nitrogens with zero attached hydrogens (tertiary/aromatic N) is 3. The van der Waals surface area contributed by atoms with E-state index >= 15 is 0 Å². The van der Waals surface area contributed by atoms with Crippen LogP contribution in [0.15, 0.2) is 65.0 Å². The van der Waals surface area contributed by atoms with Gasteiger partial charge in [0.15, 0.2) is 10.1 Å². The predicted octanol–water partition coefficient (Wildman–Crippen LogP) is 5.67. The molecule has 2 heterocycles. The Morgan fingerprint density at radius 3 is 2.55 bits per heavy atom. The minimum atomic E-state index is 0.0747. The largest absolute Gasteiger partial charge is 0.497 e. The summed E-state index contributed by atoms with van der Waals surface area (Å²) in [6.07, 6.45) is 0. The van der Waals surface area contributed by atoms with Gasteiger partial charge >= 0.3 is 0 Å². The number of thioether (sulfide) groups is 1. The van der Waals surface area contributed by atoms with Gasteiger partial charge in [-0.25, -0.2) is 0 Å². The molecule has 4 aromatic rings. The molecule has 31 heavy (non-hydrogen) atoms. The second-order valence-corrected chi connectivity index (χ2v) is 9.09. The van der Waals surface area contributed by atoms with Crippen LogP contribution in [0.4, 0.5) is 10.8 Å². The fourth-order valence-corrected chi connectivity index (χ4v) is 5.00. The summed E-state index contributed by atoms with van der Waals surface area (Å²) in [5.41, 5.74) is 4.63. The number of rotatable bonds is 8. The second-order valence-electron chi connectivity index (χ2n) is 6.89. The Balaban J connectivity index is 1.43. The molecule has 0 fully saturated rings. The topological polar surface area (TPSA) is 69.0 Å². The highest BCUT2D eigenvalue weighted by atomic mass is 32.2. The van der Waals surface area contributed by atoms with E-state index in [1.54, 1.807) is 7.11 Å². The van der Waals surface area contributed by atoms with Crippen LogP contribution in [0, 0.1) is 13.8 Å². The first kappa shape index (κ1) is 21.1. The Hall–Kier alpha value is -3.10. The molecule has 0 bridgehead atoms. The number of aromatic nitrogens is 3. The summed E-state index contributed by atoms with van der Waals surface area (Å²) >= 11 is 2.85. The molecule has 8 heteroatoms. The zero-order valence-electron chi connectivity index (χ0n) is 17.5. The van der Waals surface area contributed by atoms with Crippen LogP contribution in [-0.2, 0) is 0 Å². The summed E-state index contributed by atoms with van der Waals surface area (Å²) in [5.74, 6) is 1.19. The molecule has 0 amide bonds. The molecule has 0 aliphatic heterocycles. The van der Waals surface area contributed by atoms with Gasteiger partial charge in [0.05, 0.1) is 12.9 Å². The number of nitrogens with one attached hydrogen (secondary N) is 1. The highest BCUT2D eigenvalue weighted by molar-refractivity contribution is 8.01. The Bertz CT molecular complexity index is 1180. The van der Waals surface area contributed by atoms with Crippen molar-refractivity contribution >= 4 is 39.7 Å². The third-order valence-electron chi connectivity index (χ3n) is 4.82. The number of methoxy groups -OCH3 is 1. The van der Waals surface area contributed by atoms with Crippen LogP contribution in [0.5, 0.6) is 5.75 Å². The summed E-state index contributed by atoms with van der Waals surface area (Å²) in [6.45, 7) is 3.98. The second kappa shape index (κ2) is 9.36. The standard InChI is InChI=1S/C23H22N4O2S2/c1-15-13-20(16(2)27(15)18-9-11-19(29-3)12-10-18)21(28)14-30-23-26-25-22(31-23)24-17-7-5-4-6-8-17/h4-13H,14H2,1-3H3,(H,24,25). The van der Waals surface area contributed by atoms with Crippen molar-refractivity contribution in [2.24, 2.45) is 0 Å². The molecule has 0 spiro atoms. The van der Waals surface area contributed by atoms with Crippen molar-refractivity contribution in [1.82, 2.24) is 14.8 Å². The predicted molar refractivity (Wildman–Crippen MR) is 126 cm³/mol. The lowest BCUT2D eigenvalue weighted by Crippen LogP contribution is -2.05. The maximum Gasteiger partial charge on any atom is 0.210 e. The molecular weight excluding hydrogens is 428 g/mol. The molecule has 158 valence electrons. The van der Waals surface area contributed by atoms with Gasteiger partial charge in [-0.1, -0.05) is 41.3 Å². The van der Waals surface area contributed by atoms with E-state index in [-0.39, 0.29) is 5.78 Å². The van der Waals surface area contributed by atoms with Gasteiger partial charge in [0, 0.05) is 28.3 Å². The van der Waals surface area contributed by atoms with E-state index in [4.69, 9.17) is 4.74 Å². The molecule has 0 unspecified atom stereocenters. The van der Waals surface area contributed by atoms with E-state index < -0.39 is 0 Å². The van der Waals surface area contributed by atoms with E-state index in [0.717, 1.165) is 38.4 Å². The van der Waals surface area contributed by atoms with Crippen molar-refractivity contribution in [3.8, 4) is 11.4 Å². The van der Waals surface area contributed by atoms with Crippen molar-refractivity contribution in [3.63, 3.8) is 0 Å². The third-order valence-corrected chi connectivity index (χ3v) is 6.79. The Labute approximate surface area is 189 Å². The Kier molecular flexibility index (Phi) is 6.39. The molecule has 0 saturated heterocycles. The fourth-order valence-electron chi connectivity index (χ4n) is 3.34. The van der Waals surface area contributed by atoms with Crippen LogP contribution in [0.2, 0.25) is 0 Å². The summed E-state index contributed by atoms with van der Waals surface area (Å²) < 4.78 is 8.08. The molecule has 0 saturated carbocycles. The molecule has 0 atom stereocenters. The zero-order valence-corrected chi connectivity index (χ0v) is 19.1. The number of anilines is 2. The van der Waals surface area contributed by atoms with Crippen molar-refractivity contribution in [2.75, 3.05) is 18.2 Å². The van der Waals surface area contributed by atoms with Crippen molar-refractivity contribution in [3.05, 3.63) is 77.6 Å². The van der Waals surface area contributed by atoms with Gasteiger partial charge in [-0.2, -0.15) is 0 Å². The lowest BCUT2D eigenvalue weighted by Gasteiger charge is -2.10. The van der Waals surface area contributed by atoms with Gasteiger partial charge in [0.1, 0.15) is 5.75 Å². The highest BCUT2D eigenvalue weighted by Crippen LogP contribution is 2.29. The highest BCUT2D eigenvalue weighted by Gasteiger charge is 2.18. The average Bonchev–Trinajstić information content (AvgIpc) is 3.36. The maximum atomic E-state index is 12.9. The number of hydrogen-bond acceptors (Lipinski definition) is 7. The molecule has 0 aliphatic rings. The van der Waals surface area contributed by atoms with Gasteiger partial charge in [0.25, 0.3) is 0 Å². The molecule has 1 N–H and O–H groups in total. The molecular formula is C23H22N4O2S2. The minimum Gasteiger partial charge on any atom is -0.497 e. The summed E-state index contributed by atoms with van der Waals surface area (Å²) in [7, 11) is 1.65. The fraction of sp³-hybridized carbons (Fsp3) is 0.174. The van der Waals surface area contributed by atoms with Crippen molar-refractivity contribution in [2.45, 2.75) is 18.2 Å². The number of ether oxygens (including phenoxy) is 1. The quantitative estimate of drug-likeness (QED) is 0.275. The Morgan fingerprint density at radius 1 is 1.10 bits per heavy atom. The number of hydrogen-bond donors (Lipinski definition) is 1. The number of benzene rings is 2. The van der Waals surface area contributed by atoms with Gasteiger partial charge in [-0.05, 0) is 56.3 Å². The van der Waals surface area contributed by atoms with Gasteiger partial charge in [-0.15, -0.1) is 10.2 Å². The number of aryl methyl sites for hydroxylation is 1. The molecule has 0 aliphatic carbocycles. The molecule has 2 aromatic heterocycles. The van der Waals surface area contributed by atoms with E-state index in [1.807, 2.05) is 74.5 Å². The van der Waals surface area contributed by atoms with Gasteiger partial charge in [-0.3, -0.25) is 4.79 Å². The monoisotopic (exact) mass is 450 g/mol. The van der Waals surface area contributed by atoms with E-state index in [1.165, 1.54) is 23.1 Å². The lowest BCUT2D eigenvalue weighted by molar-refractivity contribution is 0.102. The number of ketones is 1. The number of carbonyl (C=O) groups is 1.